The molecular weight excluding hydrogens is 244 g/mol. The zero-order chi connectivity index (χ0) is 13.7. The molecule has 1 heterocycles. The van der Waals surface area contributed by atoms with Crippen LogP contribution in [0, 0.1) is 17.8 Å². The largest absolute Gasteiger partial charge is 0.461 e. The molecule has 1 N–H and O–H groups in total. The fraction of sp³-hybridized carbons (Fsp3) is 0.600. The molecule has 0 bridgehead atoms. The van der Waals surface area contributed by atoms with Gasteiger partial charge in [-0.05, 0) is 31.4 Å². The number of ether oxygens (including phenoxy) is 1. The van der Waals surface area contributed by atoms with E-state index in [-0.39, 0.29) is 42.2 Å². The van der Waals surface area contributed by atoms with Crippen LogP contribution in [0.25, 0.3) is 0 Å². The third-order valence-electron chi connectivity index (χ3n) is 4.79. The summed E-state index contributed by atoms with van der Waals surface area (Å²) in [4.78, 5) is 23.9. The summed E-state index contributed by atoms with van der Waals surface area (Å²) in [5.41, 5.74) is 2.44. The molecule has 0 amide bonds. The minimum Gasteiger partial charge on any atom is -0.461 e. The van der Waals surface area contributed by atoms with Gasteiger partial charge >= 0.3 is 5.97 Å². The lowest BCUT2D eigenvalue weighted by Gasteiger charge is -2.24. The van der Waals surface area contributed by atoms with Gasteiger partial charge in [-0.15, -0.1) is 0 Å². The van der Waals surface area contributed by atoms with E-state index in [1.807, 2.05) is 13.8 Å². The van der Waals surface area contributed by atoms with E-state index in [1.54, 1.807) is 6.08 Å². The Kier molecular flexibility index (Phi) is 2.86. The minimum atomic E-state index is -0.232. The van der Waals surface area contributed by atoms with Crippen LogP contribution in [0.3, 0.4) is 0 Å². The lowest BCUT2D eigenvalue weighted by Crippen LogP contribution is -2.28. The average Bonchev–Trinajstić information content (AvgIpc) is 2.74. The van der Waals surface area contributed by atoms with Crippen LogP contribution < -0.4 is 0 Å². The number of aliphatic hydroxyl groups excluding tert-OH is 1. The molecule has 0 aromatic rings. The second kappa shape index (κ2) is 4.30. The highest BCUT2D eigenvalue weighted by atomic mass is 16.6. The fourth-order valence-corrected chi connectivity index (χ4v) is 3.73. The summed E-state index contributed by atoms with van der Waals surface area (Å²) < 4.78 is 5.54. The Hall–Kier alpha value is -1.42. The molecule has 102 valence electrons. The fourth-order valence-electron chi connectivity index (χ4n) is 3.73. The van der Waals surface area contributed by atoms with Crippen molar-refractivity contribution in [3.8, 4) is 0 Å². The Bertz CT molecular complexity index is 514. The van der Waals surface area contributed by atoms with Crippen LogP contribution in [-0.2, 0) is 14.3 Å². The summed E-state index contributed by atoms with van der Waals surface area (Å²) >= 11 is 0. The number of rotatable bonds is 1. The molecule has 0 aromatic carbocycles. The summed E-state index contributed by atoms with van der Waals surface area (Å²) in [5, 5.41) is 9.51. The summed E-state index contributed by atoms with van der Waals surface area (Å²) in [6, 6.07) is 0. The van der Waals surface area contributed by atoms with Crippen molar-refractivity contribution in [2.45, 2.75) is 32.8 Å². The van der Waals surface area contributed by atoms with Gasteiger partial charge in [-0.3, -0.25) is 9.59 Å². The Labute approximate surface area is 112 Å². The van der Waals surface area contributed by atoms with Crippen LogP contribution in [0.15, 0.2) is 22.8 Å². The Morgan fingerprint density at radius 3 is 2.84 bits per heavy atom. The number of aliphatic hydroxyl groups is 1. The molecule has 0 spiro atoms. The molecule has 1 fully saturated rings. The highest BCUT2D eigenvalue weighted by Crippen LogP contribution is 2.47. The summed E-state index contributed by atoms with van der Waals surface area (Å²) in [5.74, 6) is -0.300. The van der Waals surface area contributed by atoms with Gasteiger partial charge in [-0.1, -0.05) is 12.5 Å². The molecule has 0 radical (unpaired) electrons. The van der Waals surface area contributed by atoms with Crippen LogP contribution in [-0.4, -0.2) is 29.6 Å². The van der Waals surface area contributed by atoms with Crippen LogP contribution in [0.5, 0.6) is 0 Å². The molecule has 3 aliphatic rings. The maximum Gasteiger partial charge on any atom is 0.309 e. The van der Waals surface area contributed by atoms with Crippen molar-refractivity contribution in [3.05, 3.63) is 22.8 Å². The molecule has 2 aliphatic carbocycles. The highest BCUT2D eigenvalue weighted by Gasteiger charge is 2.51. The van der Waals surface area contributed by atoms with Gasteiger partial charge in [0.15, 0.2) is 5.78 Å². The molecular formula is C15H18O4. The number of carbonyl (C=O) groups is 2. The standard InChI is InChI=1S/C15H18O4/c1-7-5-11(17)13-9(6-16)3-4-10-8(2)15(18)19-14(10)12(7)13/h5,8,10,12,14,16H,3-4,6H2,1-2H3. The first-order chi connectivity index (χ1) is 9.04. The second-order valence-electron chi connectivity index (χ2n) is 5.80. The van der Waals surface area contributed by atoms with Crippen molar-refractivity contribution in [1.29, 1.82) is 0 Å². The van der Waals surface area contributed by atoms with Crippen molar-refractivity contribution < 1.29 is 19.4 Å². The number of ketones is 1. The number of carbonyl (C=O) groups excluding carboxylic acids is 2. The predicted molar refractivity (Wildman–Crippen MR) is 68.1 cm³/mol. The highest BCUT2D eigenvalue weighted by molar-refractivity contribution is 6.09. The molecule has 3 rings (SSSR count). The first-order valence-corrected chi connectivity index (χ1v) is 6.80. The minimum absolute atomic E-state index is 0.0252. The van der Waals surface area contributed by atoms with Crippen LogP contribution in [0.1, 0.15) is 26.7 Å². The van der Waals surface area contributed by atoms with Crippen molar-refractivity contribution >= 4 is 11.8 Å². The number of hydrogen-bond donors (Lipinski definition) is 1. The smallest absolute Gasteiger partial charge is 0.309 e. The van der Waals surface area contributed by atoms with E-state index < -0.39 is 0 Å². The third kappa shape index (κ3) is 1.70. The molecule has 4 heteroatoms. The monoisotopic (exact) mass is 262 g/mol. The number of hydrogen-bond acceptors (Lipinski definition) is 4. The van der Waals surface area contributed by atoms with E-state index in [4.69, 9.17) is 4.74 Å². The van der Waals surface area contributed by atoms with Gasteiger partial charge in [0.2, 0.25) is 0 Å². The van der Waals surface area contributed by atoms with Gasteiger partial charge in [0.05, 0.1) is 12.5 Å². The lowest BCUT2D eigenvalue weighted by atomic mass is 9.81. The van der Waals surface area contributed by atoms with Gasteiger partial charge in [0, 0.05) is 17.4 Å². The molecule has 0 aromatic heterocycles. The molecule has 4 nitrogen and oxygen atoms in total. The topological polar surface area (TPSA) is 63.6 Å². The summed E-state index contributed by atoms with van der Waals surface area (Å²) in [6.07, 6.45) is 2.87. The number of allylic oxidation sites excluding steroid dienone is 1. The van der Waals surface area contributed by atoms with E-state index in [2.05, 4.69) is 0 Å². The van der Waals surface area contributed by atoms with Crippen LogP contribution in [0.2, 0.25) is 0 Å². The van der Waals surface area contributed by atoms with E-state index >= 15 is 0 Å². The predicted octanol–water partition coefficient (Wildman–Crippen LogP) is 1.39. The molecule has 4 unspecified atom stereocenters. The first-order valence-electron chi connectivity index (χ1n) is 6.80. The van der Waals surface area contributed by atoms with Crippen molar-refractivity contribution in [2.75, 3.05) is 6.61 Å². The van der Waals surface area contributed by atoms with Crippen molar-refractivity contribution in [2.24, 2.45) is 17.8 Å². The SMILES string of the molecule is CC1=CC(=O)C2=C(CO)CCC3C(C)C(=O)OC3C12. The van der Waals surface area contributed by atoms with E-state index in [0.717, 1.165) is 17.6 Å². The van der Waals surface area contributed by atoms with E-state index in [9.17, 15) is 14.7 Å². The normalized spacial score (nSPS) is 37.7. The Morgan fingerprint density at radius 2 is 2.16 bits per heavy atom. The summed E-state index contributed by atoms with van der Waals surface area (Å²) in [7, 11) is 0. The second-order valence-corrected chi connectivity index (χ2v) is 5.80. The average molecular weight is 262 g/mol. The third-order valence-corrected chi connectivity index (χ3v) is 4.79. The van der Waals surface area contributed by atoms with Gasteiger partial charge in [-0.25, -0.2) is 0 Å². The molecule has 0 saturated carbocycles. The maximum absolute atomic E-state index is 12.1. The molecule has 19 heavy (non-hydrogen) atoms. The van der Waals surface area contributed by atoms with Gasteiger partial charge in [0.25, 0.3) is 0 Å². The zero-order valence-electron chi connectivity index (χ0n) is 11.2. The molecule has 1 aliphatic heterocycles. The van der Waals surface area contributed by atoms with Gasteiger partial charge in [0.1, 0.15) is 6.10 Å². The van der Waals surface area contributed by atoms with Crippen molar-refractivity contribution in [3.63, 3.8) is 0 Å². The Morgan fingerprint density at radius 1 is 1.42 bits per heavy atom. The maximum atomic E-state index is 12.1. The van der Waals surface area contributed by atoms with Crippen LogP contribution >= 0.6 is 0 Å². The summed E-state index contributed by atoms with van der Waals surface area (Å²) in [6.45, 7) is 3.72. The van der Waals surface area contributed by atoms with Gasteiger partial charge < -0.3 is 9.84 Å². The molecule has 1 saturated heterocycles. The number of esters is 1. The lowest BCUT2D eigenvalue weighted by molar-refractivity contribution is -0.144. The van der Waals surface area contributed by atoms with Gasteiger partial charge in [-0.2, -0.15) is 0 Å². The van der Waals surface area contributed by atoms with Crippen LogP contribution in [0.4, 0.5) is 0 Å². The quantitative estimate of drug-likeness (QED) is 0.725. The molecule has 4 atom stereocenters. The van der Waals surface area contributed by atoms with E-state index in [1.165, 1.54) is 0 Å². The number of fused-ring (bicyclic) bond motifs is 3. The van der Waals surface area contributed by atoms with Crippen molar-refractivity contribution in [1.82, 2.24) is 0 Å². The Balaban J connectivity index is 2.07. The first kappa shape index (κ1) is 12.6. The van der Waals surface area contributed by atoms with E-state index in [0.29, 0.717) is 12.0 Å². The zero-order valence-corrected chi connectivity index (χ0v) is 11.2.